The fraction of sp³-hybridized carbons (Fsp3) is 0.0370. The normalized spacial score (nSPS) is 12.1. The molecule has 0 amide bonds. The molecule has 0 heterocycles. The maximum absolute atomic E-state index is 15.4. The minimum atomic E-state index is -6.01. The summed E-state index contributed by atoms with van der Waals surface area (Å²) in [5.74, 6) is -26.3. The average molecular weight is 596 g/mol. The van der Waals surface area contributed by atoms with Crippen molar-refractivity contribution in [2.75, 3.05) is 0 Å². The maximum atomic E-state index is 15.4. The standard InChI is InChI=1S/C27H6F14/c28-7-4-5-8(11(30)6-7)13-12-9(2-1-3-10(12)29)14(16-15(13)19(31)25(37)26(38)20(16)32)17-21(33)23(35)18(27(39,40)41)24(36)22(17)34/h1-6H. The molecule has 5 aromatic rings. The van der Waals surface area contributed by atoms with Gasteiger partial charge in [0.1, 0.15) is 23.0 Å². The van der Waals surface area contributed by atoms with Crippen molar-refractivity contribution in [1.29, 1.82) is 0 Å². The van der Waals surface area contributed by atoms with E-state index in [0.29, 0.717) is 24.3 Å². The highest BCUT2D eigenvalue weighted by molar-refractivity contribution is 6.22. The van der Waals surface area contributed by atoms with Crippen molar-refractivity contribution < 1.29 is 61.5 Å². The number of benzene rings is 5. The monoisotopic (exact) mass is 596 g/mol. The highest BCUT2D eigenvalue weighted by Crippen LogP contribution is 2.50. The van der Waals surface area contributed by atoms with E-state index in [1.54, 1.807) is 0 Å². The summed E-state index contributed by atoms with van der Waals surface area (Å²) in [6.07, 6.45) is -6.01. The molecule has 14 heteroatoms. The van der Waals surface area contributed by atoms with E-state index in [-0.39, 0.29) is 6.07 Å². The summed E-state index contributed by atoms with van der Waals surface area (Å²) >= 11 is 0. The molecule has 0 spiro atoms. The van der Waals surface area contributed by atoms with Crippen molar-refractivity contribution in [3.8, 4) is 22.3 Å². The van der Waals surface area contributed by atoms with Crippen LogP contribution in [0.3, 0.4) is 0 Å². The highest BCUT2D eigenvalue weighted by atomic mass is 19.4. The number of fused-ring (bicyclic) bond motifs is 2. The smallest absolute Gasteiger partial charge is 0.207 e. The second-order valence-corrected chi connectivity index (χ2v) is 8.55. The van der Waals surface area contributed by atoms with Gasteiger partial charge in [0, 0.05) is 38.9 Å². The quantitative estimate of drug-likeness (QED) is 0.0824. The lowest BCUT2D eigenvalue weighted by Gasteiger charge is -2.21. The van der Waals surface area contributed by atoms with Crippen LogP contribution in [0.5, 0.6) is 0 Å². The Hall–Kier alpha value is -4.36. The number of alkyl halides is 3. The van der Waals surface area contributed by atoms with Gasteiger partial charge in [0.2, 0.25) is 0 Å². The van der Waals surface area contributed by atoms with E-state index in [4.69, 9.17) is 0 Å². The second kappa shape index (κ2) is 9.35. The van der Waals surface area contributed by atoms with E-state index in [9.17, 15) is 39.5 Å². The minimum absolute atomic E-state index is 0.176. The molecule has 5 rings (SSSR count). The molecular formula is C27H6F14. The molecule has 0 unspecified atom stereocenters. The van der Waals surface area contributed by atoms with Gasteiger partial charge in [0.05, 0.1) is 5.56 Å². The molecule has 0 aliphatic heterocycles. The van der Waals surface area contributed by atoms with Gasteiger partial charge >= 0.3 is 6.18 Å². The van der Waals surface area contributed by atoms with Gasteiger partial charge in [-0.05, 0) is 23.6 Å². The summed E-state index contributed by atoms with van der Waals surface area (Å²) in [5.41, 5.74) is -9.00. The molecule has 0 nitrogen and oxygen atoms in total. The van der Waals surface area contributed by atoms with Crippen LogP contribution in [0.4, 0.5) is 61.5 Å². The van der Waals surface area contributed by atoms with Crippen LogP contribution in [-0.2, 0) is 6.18 Å². The molecule has 0 aliphatic rings. The first-order chi connectivity index (χ1) is 19.1. The van der Waals surface area contributed by atoms with E-state index >= 15 is 22.0 Å². The van der Waals surface area contributed by atoms with Gasteiger partial charge in [-0.15, -0.1) is 0 Å². The van der Waals surface area contributed by atoms with Crippen molar-refractivity contribution in [3.63, 3.8) is 0 Å². The molecule has 0 atom stereocenters. The third-order valence-corrected chi connectivity index (χ3v) is 6.30. The molecule has 0 aromatic heterocycles. The Labute approximate surface area is 218 Å². The highest BCUT2D eigenvalue weighted by Gasteiger charge is 2.43. The van der Waals surface area contributed by atoms with Gasteiger partial charge in [-0.3, -0.25) is 0 Å². The van der Waals surface area contributed by atoms with Crippen molar-refractivity contribution in [1.82, 2.24) is 0 Å². The van der Waals surface area contributed by atoms with E-state index in [1.165, 1.54) is 0 Å². The van der Waals surface area contributed by atoms with Gasteiger partial charge in [-0.1, -0.05) is 12.1 Å². The van der Waals surface area contributed by atoms with Crippen molar-refractivity contribution in [3.05, 3.63) is 106 Å². The molecule has 212 valence electrons. The van der Waals surface area contributed by atoms with Crippen LogP contribution in [0.1, 0.15) is 5.56 Å². The molecule has 0 aliphatic carbocycles. The number of halogens is 14. The zero-order chi connectivity index (χ0) is 30.3. The predicted molar refractivity (Wildman–Crippen MR) is 117 cm³/mol. The van der Waals surface area contributed by atoms with Gasteiger partial charge in [-0.25, -0.2) is 48.3 Å². The lowest BCUT2D eigenvalue weighted by Crippen LogP contribution is -2.16. The van der Waals surface area contributed by atoms with E-state index in [0.717, 1.165) is 6.07 Å². The van der Waals surface area contributed by atoms with Gasteiger partial charge < -0.3 is 0 Å². The average Bonchev–Trinajstić information content (AvgIpc) is 2.89. The van der Waals surface area contributed by atoms with Gasteiger partial charge in [0.15, 0.2) is 46.5 Å². The van der Waals surface area contributed by atoms with Crippen LogP contribution < -0.4 is 0 Å². The Balaban J connectivity index is 2.18. The zero-order valence-electron chi connectivity index (χ0n) is 19.3. The summed E-state index contributed by atoms with van der Waals surface area (Å²) in [6.45, 7) is 0. The molecule has 0 saturated heterocycles. The van der Waals surface area contributed by atoms with Crippen LogP contribution in [0.15, 0.2) is 36.4 Å². The van der Waals surface area contributed by atoms with Crippen LogP contribution >= 0.6 is 0 Å². The maximum Gasteiger partial charge on any atom is 0.422 e. The summed E-state index contributed by atoms with van der Waals surface area (Å²) in [5, 5.41) is -5.59. The molecular weight excluding hydrogens is 590 g/mol. The summed E-state index contributed by atoms with van der Waals surface area (Å²) in [4.78, 5) is 0. The summed E-state index contributed by atoms with van der Waals surface area (Å²) in [7, 11) is 0. The number of rotatable bonds is 2. The lowest BCUT2D eigenvalue weighted by atomic mass is 9.84. The van der Waals surface area contributed by atoms with Crippen molar-refractivity contribution in [2.45, 2.75) is 6.18 Å². The number of hydrogen-bond acceptors (Lipinski definition) is 0. The van der Waals surface area contributed by atoms with Crippen LogP contribution in [-0.4, -0.2) is 0 Å². The lowest BCUT2D eigenvalue weighted by molar-refractivity contribution is -0.143. The largest absolute Gasteiger partial charge is 0.422 e. The Morgan fingerprint density at radius 1 is 0.439 bits per heavy atom. The first-order valence-corrected chi connectivity index (χ1v) is 10.9. The van der Waals surface area contributed by atoms with E-state index in [1.807, 2.05) is 0 Å². The van der Waals surface area contributed by atoms with Crippen LogP contribution in [0.2, 0.25) is 0 Å². The first-order valence-electron chi connectivity index (χ1n) is 10.9. The summed E-state index contributed by atoms with van der Waals surface area (Å²) < 4.78 is 202. The molecule has 0 saturated carbocycles. The molecule has 0 bridgehead atoms. The Kier molecular flexibility index (Phi) is 6.42. The van der Waals surface area contributed by atoms with Crippen LogP contribution in [0, 0.1) is 64.0 Å². The Morgan fingerprint density at radius 3 is 1.49 bits per heavy atom. The van der Waals surface area contributed by atoms with Gasteiger partial charge in [0.25, 0.3) is 0 Å². The van der Waals surface area contributed by atoms with Gasteiger partial charge in [-0.2, -0.15) is 13.2 Å². The van der Waals surface area contributed by atoms with Crippen LogP contribution in [0.25, 0.3) is 43.8 Å². The fourth-order valence-electron chi connectivity index (χ4n) is 4.67. The third kappa shape index (κ3) is 3.98. The molecule has 0 fully saturated rings. The molecule has 41 heavy (non-hydrogen) atoms. The van der Waals surface area contributed by atoms with Crippen molar-refractivity contribution >= 4 is 21.5 Å². The minimum Gasteiger partial charge on any atom is -0.207 e. The zero-order valence-corrected chi connectivity index (χ0v) is 19.3. The second-order valence-electron chi connectivity index (χ2n) is 8.55. The van der Waals surface area contributed by atoms with E-state index in [2.05, 4.69) is 0 Å². The SMILES string of the molecule is Fc1ccc(-c2c3c(F)cccc3c(-c3c(F)c(F)c(C(F)(F)F)c(F)c3F)c3c(F)c(F)c(F)c(F)c23)c(F)c1. The Bertz CT molecular complexity index is 1910. The fourth-order valence-corrected chi connectivity index (χ4v) is 4.67. The predicted octanol–water partition coefficient (Wildman–Crippen LogP) is 9.88. The first kappa shape index (κ1) is 28.2. The topological polar surface area (TPSA) is 0 Å². The molecule has 5 aromatic carbocycles. The summed E-state index contributed by atoms with van der Waals surface area (Å²) in [6, 6.07) is 3.20. The number of hydrogen-bond donors (Lipinski definition) is 0. The van der Waals surface area contributed by atoms with E-state index < -0.39 is 120 Å². The van der Waals surface area contributed by atoms with Crippen molar-refractivity contribution in [2.24, 2.45) is 0 Å². The molecule has 0 N–H and O–H groups in total. The molecule has 0 radical (unpaired) electrons. The Morgan fingerprint density at radius 2 is 0.976 bits per heavy atom. The third-order valence-electron chi connectivity index (χ3n) is 6.30.